The Morgan fingerprint density at radius 2 is 1.97 bits per heavy atom. The molecule has 2 bridgehead atoms. The lowest BCUT2D eigenvalue weighted by Gasteiger charge is -2.42. The molecule has 1 saturated carbocycles. The van der Waals surface area contributed by atoms with Gasteiger partial charge in [0, 0.05) is 61.0 Å². The van der Waals surface area contributed by atoms with Crippen LogP contribution in [-0.4, -0.2) is 53.1 Å². The molecule has 0 aromatic carbocycles. The Kier molecular flexibility index (Phi) is 4.96. The van der Waals surface area contributed by atoms with Crippen molar-refractivity contribution >= 4 is 11.7 Å². The molecule has 2 saturated heterocycles. The van der Waals surface area contributed by atoms with E-state index in [0.717, 1.165) is 18.7 Å². The lowest BCUT2D eigenvalue weighted by atomic mass is 10.0. The number of likely N-dealkylation sites (tertiary alicyclic amines) is 1. The summed E-state index contributed by atoms with van der Waals surface area (Å²) < 4.78 is 35.1. The minimum absolute atomic E-state index is 0.111. The van der Waals surface area contributed by atoms with Gasteiger partial charge in [-0.05, 0) is 37.5 Å². The van der Waals surface area contributed by atoms with Gasteiger partial charge in [-0.25, -0.2) is 18.7 Å². The molecule has 4 unspecified atom stereocenters. The average Bonchev–Trinajstić information content (AvgIpc) is 3.59. The van der Waals surface area contributed by atoms with Crippen molar-refractivity contribution in [2.24, 2.45) is 11.8 Å². The SMILES string of the molecule is COc1cc(C(F)(F)C2CC2C(=O)N2CC3CCC(C2)N3c2ccc(C#N)cn2)ccn1. The predicted molar refractivity (Wildman–Crippen MR) is 111 cm³/mol. The topological polar surface area (TPSA) is 82.4 Å². The number of anilines is 1. The van der Waals surface area contributed by atoms with E-state index >= 15 is 8.78 Å². The summed E-state index contributed by atoms with van der Waals surface area (Å²) in [5.41, 5.74) is 0.337. The molecule has 32 heavy (non-hydrogen) atoms. The molecule has 4 heterocycles. The number of nitriles is 1. The van der Waals surface area contributed by atoms with E-state index in [2.05, 4.69) is 20.9 Å². The first kappa shape index (κ1) is 20.6. The number of pyridine rings is 2. The van der Waals surface area contributed by atoms with Gasteiger partial charge in [-0.3, -0.25) is 4.79 Å². The third-order valence-electron chi connectivity index (χ3n) is 6.84. The number of nitrogens with zero attached hydrogens (tertiary/aromatic N) is 5. The van der Waals surface area contributed by atoms with Crippen LogP contribution in [0.5, 0.6) is 5.88 Å². The van der Waals surface area contributed by atoms with Crippen molar-refractivity contribution in [2.45, 2.75) is 37.3 Å². The van der Waals surface area contributed by atoms with Crippen LogP contribution in [0, 0.1) is 23.2 Å². The molecule has 1 amide bonds. The molecular formula is C23H23F2N5O2. The quantitative estimate of drug-likeness (QED) is 0.713. The maximum Gasteiger partial charge on any atom is 0.277 e. The molecule has 1 aliphatic carbocycles. The fourth-order valence-electron chi connectivity index (χ4n) is 5.11. The van der Waals surface area contributed by atoms with Crippen molar-refractivity contribution in [1.82, 2.24) is 14.9 Å². The second-order valence-electron chi connectivity index (χ2n) is 8.71. The number of carbonyl (C=O) groups excluding carboxylic acids is 1. The van der Waals surface area contributed by atoms with Crippen LogP contribution < -0.4 is 9.64 Å². The highest BCUT2D eigenvalue weighted by atomic mass is 19.3. The maximum atomic E-state index is 15.1. The molecule has 3 aliphatic rings. The molecule has 0 radical (unpaired) electrons. The van der Waals surface area contributed by atoms with Gasteiger partial charge >= 0.3 is 0 Å². The minimum atomic E-state index is -3.11. The van der Waals surface area contributed by atoms with E-state index < -0.39 is 17.8 Å². The number of aromatic nitrogens is 2. The van der Waals surface area contributed by atoms with Crippen molar-refractivity contribution in [3.05, 3.63) is 47.8 Å². The second-order valence-corrected chi connectivity index (χ2v) is 8.71. The standard InChI is InChI=1S/C23H23F2N5O2/c1-32-21-8-15(6-7-27-21)23(24,25)19-9-18(19)22(31)29-12-16-3-4-17(13-29)30(16)20-5-2-14(10-26)11-28-20/h2,5-8,11,16-19H,3-4,9,12-13H2,1H3. The van der Waals surface area contributed by atoms with Crippen LogP contribution in [-0.2, 0) is 10.7 Å². The average molecular weight is 439 g/mol. The number of halogens is 2. The number of fused-ring (bicyclic) bond motifs is 2. The molecule has 3 fully saturated rings. The number of amides is 1. The lowest BCUT2D eigenvalue weighted by Crippen LogP contribution is -2.56. The normalized spacial score (nSPS) is 26.6. The van der Waals surface area contributed by atoms with E-state index in [0.29, 0.717) is 18.7 Å². The zero-order valence-electron chi connectivity index (χ0n) is 17.6. The molecular weight excluding hydrogens is 416 g/mol. The first-order chi connectivity index (χ1) is 15.4. The number of carbonyl (C=O) groups is 1. The van der Waals surface area contributed by atoms with Crippen LogP contribution in [0.3, 0.4) is 0 Å². The predicted octanol–water partition coefficient (Wildman–Crippen LogP) is 2.96. The van der Waals surface area contributed by atoms with Crippen LogP contribution in [0.25, 0.3) is 0 Å². The number of alkyl halides is 2. The Bertz CT molecular complexity index is 1060. The zero-order valence-corrected chi connectivity index (χ0v) is 17.6. The molecule has 0 N–H and O–H groups in total. The fraction of sp³-hybridized carbons (Fsp3) is 0.478. The summed E-state index contributed by atoms with van der Waals surface area (Å²) in [4.78, 5) is 25.4. The van der Waals surface area contributed by atoms with Gasteiger partial charge in [0.15, 0.2) is 0 Å². The summed E-state index contributed by atoms with van der Waals surface area (Å²) in [6.07, 6.45) is 4.89. The third kappa shape index (κ3) is 3.44. The van der Waals surface area contributed by atoms with Crippen LogP contribution in [0.2, 0.25) is 0 Å². The Morgan fingerprint density at radius 3 is 2.59 bits per heavy atom. The second kappa shape index (κ2) is 7.69. The van der Waals surface area contributed by atoms with Crippen LogP contribution in [0.15, 0.2) is 36.7 Å². The highest BCUT2D eigenvalue weighted by Crippen LogP contribution is 2.55. The van der Waals surface area contributed by atoms with Gasteiger partial charge in [-0.15, -0.1) is 0 Å². The van der Waals surface area contributed by atoms with Crippen molar-refractivity contribution in [2.75, 3.05) is 25.1 Å². The van der Waals surface area contributed by atoms with Gasteiger partial charge in [0.05, 0.1) is 12.7 Å². The van der Waals surface area contributed by atoms with E-state index in [1.807, 2.05) is 6.07 Å². The monoisotopic (exact) mass is 439 g/mol. The molecule has 2 aliphatic heterocycles. The molecule has 2 aromatic rings. The Hall–Kier alpha value is -3.28. The van der Waals surface area contributed by atoms with E-state index in [1.54, 1.807) is 17.2 Å². The van der Waals surface area contributed by atoms with Crippen molar-refractivity contribution < 1.29 is 18.3 Å². The highest BCUT2D eigenvalue weighted by Gasteiger charge is 2.60. The first-order valence-electron chi connectivity index (χ1n) is 10.7. The van der Waals surface area contributed by atoms with Crippen molar-refractivity contribution in [1.29, 1.82) is 5.26 Å². The summed E-state index contributed by atoms with van der Waals surface area (Å²) in [7, 11) is 1.38. The summed E-state index contributed by atoms with van der Waals surface area (Å²) in [5, 5.41) is 8.98. The van der Waals surface area contributed by atoms with Crippen molar-refractivity contribution in [3.8, 4) is 11.9 Å². The Balaban J connectivity index is 1.26. The van der Waals surface area contributed by atoms with Crippen LogP contribution in [0.1, 0.15) is 30.4 Å². The number of hydrogen-bond acceptors (Lipinski definition) is 6. The van der Waals surface area contributed by atoms with Crippen LogP contribution >= 0.6 is 0 Å². The van der Waals surface area contributed by atoms with Gasteiger partial charge < -0.3 is 14.5 Å². The minimum Gasteiger partial charge on any atom is -0.481 e. The molecule has 2 aromatic heterocycles. The maximum absolute atomic E-state index is 15.1. The number of piperazine rings is 1. The number of hydrogen-bond donors (Lipinski definition) is 0. The van der Waals surface area contributed by atoms with Crippen LogP contribution in [0.4, 0.5) is 14.6 Å². The first-order valence-corrected chi connectivity index (χ1v) is 10.7. The van der Waals surface area contributed by atoms with E-state index in [4.69, 9.17) is 10.00 Å². The van der Waals surface area contributed by atoms with Gasteiger partial charge in [-0.1, -0.05) is 0 Å². The Labute approximate surface area is 184 Å². The van der Waals surface area contributed by atoms with Gasteiger partial charge in [0.25, 0.3) is 5.92 Å². The smallest absolute Gasteiger partial charge is 0.277 e. The third-order valence-corrected chi connectivity index (χ3v) is 6.84. The molecule has 7 nitrogen and oxygen atoms in total. The molecule has 0 spiro atoms. The summed E-state index contributed by atoms with van der Waals surface area (Å²) in [6, 6.07) is 8.39. The van der Waals surface area contributed by atoms with Crippen molar-refractivity contribution in [3.63, 3.8) is 0 Å². The molecule has 4 atom stereocenters. The fourth-order valence-corrected chi connectivity index (χ4v) is 5.11. The largest absolute Gasteiger partial charge is 0.481 e. The Morgan fingerprint density at radius 1 is 1.22 bits per heavy atom. The summed E-state index contributed by atoms with van der Waals surface area (Å²) >= 11 is 0. The summed E-state index contributed by atoms with van der Waals surface area (Å²) in [5.74, 6) is -4.02. The molecule has 9 heteroatoms. The van der Waals surface area contributed by atoms with Gasteiger partial charge in [-0.2, -0.15) is 5.26 Å². The van der Waals surface area contributed by atoms with E-state index in [9.17, 15) is 4.79 Å². The zero-order chi connectivity index (χ0) is 22.5. The van der Waals surface area contributed by atoms with Gasteiger partial charge in [0.2, 0.25) is 11.8 Å². The number of rotatable bonds is 5. The molecule has 5 rings (SSSR count). The lowest BCUT2D eigenvalue weighted by molar-refractivity contribution is -0.135. The molecule has 166 valence electrons. The highest BCUT2D eigenvalue weighted by molar-refractivity contribution is 5.82. The van der Waals surface area contributed by atoms with Gasteiger partial charge in [0.1, 0.15) is 11.9 Å². The van der Waals surface area contributed by atoms with E-state index in [1.165, 1.54) is 25.4 Å². The van der Waals surface area contributed by atoms with E-state index in [-0.39, 0.29) is 35.9 Å². The number of methoxy groups -OCH3 is 1. The summed E-state index contributed by atoms with van der Waals surface area (Å²) in [6.45, 7) is 1.02. The number of ether oxygens (including phenoxy) is 1.